The third-order valence-electron chi connectivity index (χ3n) is 3.06. The Morgan fingerprint density at radius 2 is 2.19 bits per heavy atom. The number of nitrogens with one attached hydrogen (secondary N) is 1. The Hall–Kier alpha value is -1.59. The summed E-state index contributed by atoms with van der Waals surface area (Å²) in [5.74, 6) is 1.76. The van der Waals surface area contributed by atoms with Crippen molar-refractivity contribution < 1.29 is 9.15 Å². The second kappa shape index (κ2) is 7.43. The van der Waals surface area contributed by atoms with E-state index in [-0.39, 0.29) is 12.6 Å². The molecule has 0 bridgehead atoms. The van der Waals surface area contributed by atoms with Gasteiger partial charge in [-0.3, -0.25) is 0 Å². The Morgan fingerprint density at radius 3 is 2.86 bits per heavy atom. The van der Waals surface area contributed by atoms with Crippen molar-refractivity contribution in [3.63, 3.8) is 0 Å². The van der Waals surface area contributed by atoms with Crippen LogP contribution in [0.15, 0.2) is 22.6 Å². The van der Waals surface area contributed by atoms with Crippen molar-refractivity contribution in [3.8, 4) is 5.75 Å². The molecule has 0 saturated carbocycles. The van der Waals surface area contributed by atoms with Crippen molar-refractivity contribution in [2.24, 2.45) is 0 Å². The van der Waals surface area contributed by atoms with Gasteiger partial charge in [-0.1, -0.05) is 18.5 Å². The van der Waals surface area contributed by atoms with Crippen molar-refractivity contribution >= 4 is 11.6 Å². The van der Waals surface area contributed by atoms with E-state index in [0.717, 1.165) is 24.3 Å². The molecule has 0 aliphatic heterocycles. The summed E-state index contributed by atoms with van der Waals surface area (Å²) in [6, 6.07) is 5.75. The Bertz CT molecular complexity index is 586. The maximum atomic E-state index is 6.09. The van der Waals surface area contributed by atoms with Gasteiger partial charge < -0.3 is 14.5 Å². The molecule has 0 spiro atoms. The molecule has 0 saturated heterocycles. The van der Waals surface area contributed by atoms with E-state index < -0.39 is 0 Å². The second-order valence-electron chi connectivity index (χ2n) is 4.86. The standard InChI is InChI=1S/C15H20ClN3O2/c1-4-7-17-10(2)13-8-12(16)5-6-14(13)20-9-15-19-18-11(3)21-15/h5-6,8,10,17H,4,7,9H2,1-3H3. The van der Waals surface area contributed by atoms with E-state index in [0.29, 0.717) is 16.8 Å². The number of ether oxygens (including phenoxy) is 1. The molecule has 0 aliphatic rings. The third-order valence-corrected chi connectivity index (χ3v) is 3.29. The number of nitrogens with zero attached hydrogens (tertiary/aromatic N) is 2. The minimum Gasteiger partial charge on any atom is -0.483 e. The predicted molar refractivity (Wildman–Crippen MR) is 81.5 cm³/mol. The number of hydrogen-bond donors (Lipinski definition) is 1. The molecule has 1 aromatic carbocycles. The SMILES string of the molecule is CCCNC(C)c1cc(Cl)ccc1OCc1nnc(C)o1. The minimum atomic E-state index is 0.156. The Kier molecular flexibility index (Phi) is 5.59. The van der Waals surface area contributed by atoms with Gasteiger partial charge in [0.15, 0.2) is 6.61 Å². The minimum absolute atomic E-state index is 0.156. The van der Waals surface area contributed by atoms with Gasteiger partial charge >= 0.3 is 0 Å². The van der Waals surface area contributed by atoms with Crippen molar-refractivity contribution in [3.05, 3.63) is 40.6 Å². The molecule has 2 rings (SSSR count). The van der Waals surface area contributed by atoms with Gasteiger partial charge in [-0.15, -0.1) is 10.2 Å². The lowest BCUT2D eigenvalue weighted by atomic mass is 10.1. The summed E-state index contributed by atoms with van der Waals surface area (Å²) in [4.78, 5) is 0. The van der Waals surface area contributed by atoms with Crippen LogP contribution in [0.3, 0.4) is 0 Å². The molecule has 1 heterocycles. The molecule has 1 unspecified atom stereocenters. The first-order chi connectivity index (χ1) is 10.1. The normalized spacial score (nSPS) is 12.4. The molecule has 1 atom stereocenters. The van der Waals surface area contributed by atoms with E-state index in [1.807, 2.05) is 18.2 Å². The van der Waals surface area contributed by atoms with Crippen molar-refractivity contribution in [1.82, 2.24) is 15.5 Å². The average molecular weight is 310 g/mol. The summed E-state index contributed by atoms with van der Waals surface area (Å²) < 4.78 is 11.1. The van der Waals surface area contributed by atoms with Crippen LogP contribution >= 0.6 is 11.6 Å². The monoisotopic (exact) mass is 309 g/mol. The molecule has 2 aromatic rings. The molecule has 0 amide bonds. The molecule has 0 radical (unpaired) electrons. The van der Waals surface area contributed by atoms with E-state index in [2.05, 4.69) is 29.4 Å². The van der Waals surface area contributed by atoms with Crippen LogP contribution in [0.5, 0.6) is 5.75 Å². The van der Waals surface area contributed by atoms with Gasteiger partial charge in [0.05, 0.1) is 0 Å². The number of hydrogen-bond acceptors (Lipinski definition) is 5. The van der Waals surface area contributed by atoms with Crippen LogP contribution in [-0.4, -0.2) is 16.7 Å². The lowest BCUT2D eigenvalue weighted by Gasteiger charge is -2.18. The van der Waals surface area contributed by atoms with Crippen LogP contribution in [0.2, 0.25) is 5.02 Å². The highest BCUT2D eigenvalue weighted by atomic mass is 35.5. The zero-order valence-electron chi connectivity index (χ0n) is 12.5. The third kappa shape index (κ3) is 4.44. The van der Waals surface area contributed by atoms with Crippen LogP contribution in [0.1, 0.15) is 43.7 Å². The topological polar surface area (TPSA) is 60.2 Å². The summed E-state index contributed by atoms with van der Waals surface area (Å²) in [5.41, 5.74) is 1.02. The smallest absolute Gasteiger partial charge is 0.253 e. The molecule has 0 aliphatic carbocycles. The first-order valence-corrected chi connectivity index (χ1v) is 7.42. The molecule has 0 fully saturated rings. The molecular weight excluding hydrogens is 290 g/mol. The number of benzene rings is 1. The molecule has 114 valence electrons. The molecule has 5 nitrogen and oxygen atoms in total. The van der Waals surface area contributed by atoms with Gasteiger partial charge in [-0.2, -0.15) is 0 Å². The fourth-order valence-electron chi connectivity index (χ4n) is 2.00. The fraction of sp³-hybridized carbons (Fsp3) is 0.467. The largest absolute Gasteiger partial charge is 0.483 e. The van der Waals surface area contributed by atoms with Gasteiger partial charge in [-0.25, -0.2) is 0 Å². The first kappa shape index (κ1) is 15.8. The number of aryl methyl sites for hydroxylation is 1. The summed E-state index contributed by atoms with van der Waals surface area (Å²) in [6.07, 6.45) is 1.07. The quantitative estimate of drug-likeness (QED) is 0.845. The highest BCUT2D eigenvalue weighted by Gasteiger charge is 2.13. The van der Waals surface area contributed by atoms with E-state index >= 15 is 0 Å². The summed E-state index contributed by atoms with van der Waals surface area (Å²) >= 11 is 6.09. The summed E-state index contributed by atoms with van der Waals surface area (Å²) in [7, 11) is 0. The highest BCUT2D eigenvalue weighted by molar-refractivity contribution is 6.30. The number of rotatable bonds is 7. The average Bonchev–Trinajstić information content (AvgIpc) is 2.89. The lowest BCUT2D eigenvalue weighted by Crippen LogP contribution is -2.20. The van der Waals surface area contributed by atoms with Crippen LogP contribution in [0.4, 0.5) is 0 Å². The van der Waals surface area contributed by atoms with Gasteiger partial charge in [0.25, 0.3) is 5.89 Å². The van der Waals surface area contributed by atoms with Crippen LogP contribution in [0, 0.1) is 6.92 Å². The van der Waals surface area contributed by atoms with Crippen LogP contribution < -0.4 is 10.1 Å². The number of aromatic nitrogens is 2. The van der Waals surface area contributed by atoms with E-state index in [9.17, 15) is 0 Å². The van der Waals surface area contributed by atoms with E-state index in [1.54, 1.807) is 6.92 Å². The zero-order valence-corrected chi connectivity index (χ0v) is 13.3. The molecule has 21 heavy (non-hydrogen) atoms. The lowest BCUT2D eigenvalue weighted by molar-refractivity contribution is 0.256. The first-order valence-electron chi connectivity index (χ1n) is 7.04. The maximum Gasteiger partial charge on any atom is 0.253 e. The van der Waals surface area contributed by atoms with E-state index in [1.165, 1.54) is 0 Å². The van der Waals surface area contributed by atoms with Crippen molar-refractivity contribution in [2.75, 3.05) is 6.54 Å². The fourth-order valence-corrected chi connectivity index (χ4v) is 2.18. The predicted octanol–water partition coefficient (Wildman–Crippen LogP) is 3.67. The maximum absolute atomic E-state index is 6.09. The Morgan fingerprint density at radius 1 is 1.38 bits per heavy atom. The zero-order chi connectivity index (χ0) is 15.2. The number of halogens is 1. The molecular formula is C15H20ClN3O2. The van der Waals surface area contributed by atoms with Gasteiger partial charge in [0.1, 0.15) is 5.75 Å². The highest BCUT2D eigenvalue weighted by Crippen LogP contribution is 2.29. The van der Waals surface area contributed by atoms with Crippen molar-refractivity contribution in [2.45, 2.75) is 39.8 Å². The summed E-state index contributed by atoms with van der Waals surface area (Å²) in [5, 5.41) is 11.8. The Balaban J connectivity index is 2.10. The summed E-state index contributed by atoms with van der Waals surface area (Å²) in [6.45, 7) is 7.16. The van der Waals surface area contributed by atoms with Crippen LogP contribution in [-0.2, 0) is 6.61 Å². The molecule has 6 heteroatoms. The van der Waals surface area contributed by atoms with Gasteiger partial charge in [0.2, 0.25) is 5.89 Å². The van der Waals surface area contributed by atoms with Gasteiger partial charge in [-0.05, 0) is 38.1 Å². The van der Waals surface area contributed by atoms with Gasteiger partial charge in [0, 0.05) is 23.6 Å². The molecule has 1 N–H and O–H groups in total. The van der Waals surface area contributed by atoms with Crippen molar-refractivity contribution in [1.29, 1.82) is 0 Å². The van der Waals surface area contributed by atoms with E-state index in [4.69, 9.17) is 20.8 Å². The Labute approximate surface area is 129 Å². The van der Waals surface area contributed by atoms with Crippen LogP contribution in [0.25, 0.3) is 0 Å². The second-order valence-corrected chi connectivity index (χ2v) is 5.30. The molecule has 1 aromatic heterocycles.